The standard InChI is InChI=1S/C8H10BrClN2S/c1-13-3-2-11-8-7(9)4-6(10)5-12-8/h4-5H,2-3H2,1H3,(H,11,12). The lowest BCUT2D eigenvalue weighted by atomic mass is 10.4. The molecule has 13 heavy (non-hydrogen) atoms. The van der Waals surface area contributed by atoms with Crippen LogP contribution in [0.25, 0.3) is 0 Å². The Morgan fingerprint density at radius 1 is 1.69 bits per heavy atom. The third-order valence-corrected chi connectivity index (χ3v) is 2.83. The number of anilines is 1. The van der Waals surface area contributed by atoms with E-state index in [1.54, 1.807) is 18.0 Å². The van der Waals surface area contributed by atoms with Crippen LogP contribution in [0.3, 0.4) is 0 Å². The highest BCUT2D eigenvalue weighted by Crippen LogP contribution is 2.22. The van der Waals surface area contributed by atoms with Crippen molar-refractivity contribution in [3.05, 3.63) is 21.8 Å². The minimum atomic E-state index is 0.641. The van der Waals surface area contributed by atoms with Crippen LogP contribution < -0.4 is 5.32 Å². The zero-order chi connectivity index (χ0) is 9.68. The highest BCUT2D eigenvalue weighted by Gasteiger charge is 2.00. The molecule has 0 unspecified atom stereocenters. The molecule has 0 saturated carbocycles. The molecule has 1 heterocycles. The van der Waals surface area contributed by atoms with Crippen molar-refractivity contribution in [3.8, 4) is 0 Å². The van der Waals surface area contributed by atoms with E-state index in [9.17, 15) is 0 Å². The summed E-state index contributed by atoms with van der Waals surface area (Å²) in [6.45, 7) is 0.911. The normalized spacial score (nSPS) is 10.1. The van der Waals surface area contributed by atoms with Gasteiger partial charge in [0.15, 0.2) is 0 Å². The summed E-state index contributed by atoms with van der Waals surface area (Å²) >= 11 is 10.9. The molecule has 0 saturated heterocycles. The topological polar surface area (TPSA) is 24.9 Å². The molecule has 0 radical (unpaired) electrons. The molecule has 0 fully saturated rings. The average molecular weight is 282 g/mol. The maximum atomic E-state index is 5.75. The van der Waals surface area contributed by atoms with Crippen LogP contribution in [-0.2, 0) is 0 Å². The van der Waals surface area contributed by atoms with Gasteiger partial charge in [0.05, 0.1) is 9.50 Å². The number of nitrogens with one attached hydrogen (secondary N) is 1. The van der Waals surface area contributed by atoms with E-state index in [1.165, 1.54) is 0 Å². The molecule has 0 aliphatic rings. The van der Waals surface area contributed by atoms with Gasteiger partial charge in [-0.25, -0.2) is 4.98 Å². The number of rotatable bonds is 4. The van der Waals surface area contributed by atoms with Crippen LogP contribution in [0, 0.1) is 0 Å². The third-order valence-electron chi connectivity index (χ3n) is 1.41. The molecule has 1 aromatic heterocycles. The highest BCUT2D eigenvalue weighted by molar-refractivity contribution is 9.10. The van der Waals surface area contributed by atoms with Crippen LogP contribution in [0.4, 0.5) is 5.82 Å². The van der Waals surface area contributed by atoms with Gasteiger partial charge in [0.1, 0.15) is 5.82 Å². The molecular formula is C8H10BrClN2S. The number of aromatic nitrogens is 1. The predicted molar refractivity (Wildman–Crippen MR) is 63.8 cm³/mol. The summed E-state index contributed by atoms with van der Waals surface area (Å²) in [5, 5.41) is 3.84. The highest BCUT2D eigenvalue weighted by atomic mass is 79.9. The number of nitrogens with zero attached hydrogens (tertiary/aromatic N) is 1. The van der Waals surface area contributed by atoms with Crippen LogP contribution in [0.2, 0.25) is 5.02 Å². The molecule has 0 aliphatic heterocycles. The second-order valence-corrected chi connectivity index (χ2v) is 4.68. The van der Waals surface area contributed by atoms with Crippen LogP contribution in [-0.4, -0.2) is 23.5 Å². The fourth-order valence-corrected chi connectivity index (χ4v) is 1.90. The summed E-state index contributed by atoms with van der Waals surface area (Å²) in [4.78, 5) is 4.15. The number of halogens is 2. The smallest absolute Gasteiger partial charge is 0.140 e. The SMILES string of the molecule is CSCCNc1ncc(Cl)cc1Br. The maximum Gasteiger partial charge on any atom is 0.140 e. The van der Waals surface area contributed by atoms with Crippen LogP contribution >= 0.6 is 39.3 Å². The average Bonchev–Trinajstić information content (AvgIpc) is 2.09. The molecule has 0 bridgehead atoms. The molecule has 0 aliphatic carbocycles. The molecule has 0 amide bonds. The van der Waals surface area contributed by atoms with E-state index < -0.39 is 0 Å². The van der Waals surface area contributed by atoms with Crippen molar-refractivity contribution >= 4 is 45.1 Å². The van der Waals surface area contributed by atoms with Crippen molar-refractivity contribution < 1.29 is 0 Å². The van der Waals surface area contributed by atoms with Crippen molar-refractivity contribution in [2.75, 3.05) is 23.9 Å². The molecule has 0 atom stereocenters. The summed E-state index contributed by atoms with van der Waals surface area (Å²) in [6.07, 6.45) is 3.71. The minimum Gasteiger partial charge on any atom is -0.368 e. The lowest BCUT2D eigenvalue weighted by Crippen LogP contribution is -2.05. The zero-order valence-electron chi connectivity index (χ0n) is 7.18. The van der Waals surface area contributed by atoms with Crippen LogP contribution in [0.5, 0.6) is 0 Å². The van der Waals surface area contributed by atoms with Gasteiger partial charge in [-0.1, -0.05) is 11.6 Å². The fourth-order valence-electron chi connectivity index (χ4n) is 0.816. The van der Waals surface area contributed by atoms with Crippen molar-refractivity contribution in [2.24, 2.45) is 0 Å². The molecule has 2 nitrogen and oxygen atoms in total. The Kier molecular flexibility index (Phi) is 4.91. The van der Waals surface area contributed by atoms with Gasteiger partial charge in [0.2, 0.25) is 0 Å². The van der Waals surface area contributed by atoms with Crippen LogP contribution in [0.1, 0.15) is 0 Å². The van der Waals surface area contributed by atoms with Crippen molar-refractivity contribution in [1.82, 2.24) is 4.98 Å². The number of thioether (sulfide) groups is 1. The number of hydrogen-bond acceptors (Lipinski definition) is 3. The van der Waals surface area contributed by atoms with Gasteiger partial charge in [0.25, 0.3) is 0 Å². The molecule has 1 rings (SSSR count). The summed E-state index contributed by atoms with van der Waals surface area (Å²) in [5.74, 6) is 1.91. The minimum absolute atomic E-state index is 0.641. The molecular weight excluding hydrogens is 272 g/mol. The number of hydrogen-bond donors (Lipinski definition) is 1. The summed E-state index contributed by atoms with van der Waals surface area (Å²) in [6, 6.07) is 1.83. The van der Waals surface area contributed by atoms with E-state index in [-0.39, 0.29) is 0 Å². The Labute approximate surface area is 95.6 Å². The largest absolute Gasteiger partial charge is 0.368 e. The van der Waals surface area contributed by atoms with Gasteiger partial charge in [-0.05, 0) is 28.3 Å². The molecule has 1 N–H and O–H groups in total. The summed E-state index contributed by atoms with van der Waals surface area (Å²) < 4.78 is 0.904. The van der Waals surface area contributed by atoms with Crippen LogP contribution in [0.15, 0.2) is 16.7 Å². The Morgan fingerprint density at radius 2 is 2.46 bits per heavy atom. The first kappa shape index (κ1) is 11.1. The van der Waals surface area contributed by atoms with Gasteiger partial charge >= 0.3 is 0 Å². The zero-order valence-corrected chi connectivity index (χ0v) is 10.3. The van der Waals surface area contributed by atoms with Gasteiger partial charge in [-0.2, -0.15) is 11.8 Å². The first-order valence-corrected chi connectivity index (χ1v) is 6.34. The first-order valence-electron chi connectivity index (χ1n) is 3.78. The van der Waals surface area contributed by atoms with E-state index in [4.69, 9.17) is 11.6 Å². The Balaban J connectivity index is 2.56. The second kappa shape index (κ2) is 5.73. The fraction of sp³-hybridized carbons (Fsp3) is 0.375. The van der Waals surface area contributed by atoms with Crippen molar-refractivity contribution in [2.45, 2.75) is 0 Å². The Morgan fingerprint density at radius 3 is 3.08 bits per heavy atom. The monoisotopic (exact) mass is 280 g/mol. The van der Waals surface area contributed by atoms with Gasteiger partial charge in [-0.15, -0.1) is 0 Å². The van der Waals surface area contributed by atoms with Gasteiger partial charge in [0, 0.05) is 18.5 Å². The van der Waals surface area contributed by atoms with E-state index in [2.05, 4.69) is 32.5 Å². The Hall–Kier alpha value is 0.0700. The van der Waals surface area contributed by atoms with E-state index in [0.717, 1.165) is 22.6 Å². The first-order chi connectivity index (χ1) is 6.24. The van der Waals surface area contributed by atoms with Gasteiger partial charge < -0.3 is 5.32 Å². The molecule has 0 spiro atoms. The lowest BCUT2D eigenvalue weighted by Gasteiger charge is -2.06. The van der Waals surface area contributed by atoms with Crippen molar-refractivity contribution in [1.29, 1.82) is 0 Å². The molecule has 72 valence electrons. The lowest BCUT2D eigenvalue weighted by molar-refractivity contribution is 1.16. The number of pyridine rings is 1. The third kappa shape index (κ3) is 3.75. The van der Waals surface area contributed by atoms with E-state index in [1.807, 2.05) is 6.07 Å². The van der Waals surface area contributed by atoms with Gasteiger partial charge in [-0.3, -0.25) is 0 Å². The predicted octanol–water partition coefficient (Wildman–Crippen LogP) is 3.27. The molecule has 0 aromatic carbocycles. The quantitative estimate of drug-likeness (QED) is 0.858. The van der Waals surface area contributed by atoms with Crippen molar-refractivity contribution in [3.63, 3.8) is 0 Å². The maximum absolute atomic E-state index is 5.75. The van der Waals surface area contributed by atoms with E-state index in [0.29, 0.717) is 5.02 Å². The molecule has 1 aromatic rings. The molecule has 5 heteroatoms. The Bertz CT molecular complexity index is 283. The summed E-state index contributed by atoms with van der Waals surface area (Å²) in [7, 11) is 0. The van der Waals surface area contributed by atoms with E-state index >= 15 is 0 Å². The summed E-state index contributed by atoms with van der Waals surface area (Å²) in [5.41, 5.74) is 0. The second-order valence-electron chi connectivity index (χ2n) is 2.40.